The van der Waals surface area contributed by atoms with Crippen molar-refractivity contribution in [3.63, 3.8) is 0 Å². The van der Waals surface area contributed by atoms with E-state index in [1.165, 1.54) is 26.4 Å². The average Bonchev–Trinajstić information content (AvgIpc) is 2.45. The molecule has 0 heterocycles. The number of aliphatic hydroxyl groups is 1. The fraction of sp³-hybridized carbons (Fsp3) is 0.385. The number of anilines is 1. The molecule has 0 bridgehead atoms. The minimum atomic E-state index is -0.495. The molecule has 0 amide bonds. The molecule has 110 valence electrons. The Kier molecular flexibility index (Phi) is 5.79. The van der Waals surface area contributed by atoms with E-state index in [0.717, 1.165) is 0 Å². The molecule has 0 spiro atoms. The molecule has 1 aromatic rings. The van der Waals surface area contributed by atoms with E-state index < -0.39 is 4.92 Å². The summed E-state index contributed by atoms with van der Waals surface area (Å²) in [5.41, 5.74) is 0.236. The van der Waals surface area contributed by atoms with Gasteiger partial charge in [-0.15, -0.1) is 6.58 Å². The number of nitro groups is 1. The maximum absolute atomic E-state index is 11.2. The Morgan fingerprint density at radius 2 is 2.00 bits per heavy atom. The second kappa shape index (κ2) is 7.34. The van der Waals surface area contributed by atoms with Crippen LogP contribution in [-0.4, -0.2) is 43.9 Å². The van der Waals surface area contributed by atoms with Crippen molar-refractivity contribution < 1.29 is 19.5 Å². The van der Waals surface area contributed by atoms with Crippen molar-refractivity contribution >= 4 is 11.4 Å². The monoisotopic (exact) mass is 282 g/mol. The maximum atomic E-state index is 11.2. The molecule has 1 N–H and O–H groups in total. The summed E-state index contributed by atoms with van der Waals surface area (Å²) in [6.45, 7) is 4.11. The van der Waals surface area contributed by atoms with Gasteiger partial charge >= 0.3 is 0 Å². The van der Waals surface area contributed by atoms with E-state index in [1.807, 2.05) is 0 Å². The van der Waals surface area contributed by atoms with Gasteiger partial charge in [-0.25, -0.2) is 0 Å². The third-order valence-corrected chi connectivity index (χ3v) is 2.74. The lowest BCUT2D eigenvalue weighted by molar-refractivity contribution is -0.384. The van der Waals surface area contributed by atoms with Crippen LogP contribution in [0.15, 0.2) is 24.8 Å². The van der Waals surface area contributed by atoms with Gasteiger partial charge in [0.15, 0.2) is 11.5 Å². The SMILES string of the molecule is C=CCN(CCO)c1cc(OC)c(OC)cc1[N+](=O)[O-]. The van der Waals surface area contributed by atoms with Crippen LogP contribution in [-0.2, 0) is 0 Å². The van der Waals surface area contributed by atoms with Gasteiger partial charge in [-0.3, -0.25) is 10.1 Å². The van der Waals surface area contributed by atoms with Gasteiger partial charge in [0.25, 0.3) is 5.69 Å². The van der Waals surface area contributed by atoms with E-state index in [1.54, 1.807) is 11.0 Å². The molecule has 1 aromatic carbocycles. The highest BCUT2D eigenvalue weighted by Gasteiger charge is 2.23. The average molecular weight is 282 g/mol. The molecule has 1 rings (SSSR count). The van der Waals surface area contributed by atoms with Crippen LogP contribution in [0.4, 0.5) is 11.4 Å². The van der Waals surface area contributed by atoms with Crippen molar-refractivity contribution in [2.75, 3.05) is 38.8 Å². The van der Waals surface area contributed by atoms with Crippen LogP contribution in [0.25, 0.3) is 0 Å². The molecule has 0 saturated heterocycles. The molecule has 0 atom stereocenters. The lowest BCUT2D eigenvalue weighted by Crippen LogP contribution is -2.27. The zero-order valence-corrected chi connectivity index (χ0v) is 11.5. The van der Waals surface area contributed by atoms with Gasteiger partial charge in [0.2, 0.25) is 0 Å². The largest absolute Gasteiger partial charge is 0.493 e. The predicted molar refractivity (Wildman–Crippen MR) is 75.7 cm³/mol. The summed E-state index contributed by atoms with van der Waals surface area (Å²) in [5, 5.41) is 20.3. The van der Waals surface area contributed by atoms with E-state index in [4.69, 9.17) is 14.6 Å². The highest BCUT2D eigenvalue weighted by atomic mass is 16.6. The van der Waals surface area contributed by atoms with Crippen molar-refractivity contribution in [3.8, 4) is 11.5 Å². The van der Waals surface area contributed by atoms with Crippen LogP contribution in [0.2, 0.25) is 0 Å². The number of hydrogen-bond donors (Lipinski definition) is 1. The maximum Gasteiger partial charge on any atom is 0.296 e. The fourth-order valence-corrected chi connectivity index (χ4v) is 1.84. The summed E-state index contributed by atoms with van der Waals surface area (Å²) < 4.78 is 10.2. The van der Waals surface area contributed by atoms with Gasteiger partial charge in [0.05, 0.1) is 31.8 Å². The highest BCUT2D eigenvalue weighted by Crippen LogP contribution is 2.39. The van der Waals surface area contributed by atoms with Crippen LogP contribution in [0.1, 0.15) is 0 Å². The van der Waals surface area contributed by atoms with Gasteiger partial charge < -0.3 is 19.5 Å². The molecule has 7 heteroatoms. The first-order valence-corrected chi connectivity index (χ1v) is 5.96. The van der Waals surface area contributed by atoms with Crippen molar-refractivity contribution in [1.82, 2.24) is 0 Å². The zero-order chi connectivity index (χ0) is 15.1. The van der Waals surface area contributed by atoms with E-state index >= 15 is 0 Å². The number of nitrogens with zero attached hydrogens (tertiary/aromatic N) is 2. The van der Waals surface area contributed by atoms with E-state index in [2.05, 4.69) is 6.58 Å². The van der Waals surface area contributed by atoms with Crippen LogP contribution >= 0.6 is 0 Å². The summed E-state index contributed by atoms with van der Waals surface area (Å²) in [7, 11) is 2.87. The summed E-state index contributed by atoms with van der Waals surface area (Å²) in [6, 6.07) is 2.83. The number of ether oxygens (including phenoxy) is 2. The summed E-state index contributed by atoms with van der Waals surface area (Å²) in [5.74, 6) is 0.672. The number of hydrogen-bond acceptors (Lipinski definition) is 6. The number of aliphatic hydroxyl groups excluding tert-OH is 1. The summed E-state index contributed by atoms with van der Waals surface area (Å²) in [6.07, 6.45) is 1.61. The second-order valence-corrected chi connectivity index (χ2v) is 3.91. The van der Waals surface area contributed by atoms with Crippen molar-refractivity contribution in [2.24, 2.45) is 0 Å². The molecule has 7 nitrogen and oxygen atoms in total. The first kappa shape index (κ1) is 15.8. The van der Waals surface area contributed by atoms with Gasteiger partial charge in [0, 0.05) is 19.2 Å². The number of nitro benzene ring substituents is 1. The fourth-order valence-electron chi connectivity index (χ4n) is 1.84. The van der Waals surface area contributed by atoms with Crippen molar-refractivity contribution in [1.29, 1.82) is 0 Å². The van der Waals surface area contributed by atoms with E-state index in [-0.39, 0.29) is 24.6 Å². The minimum absolute atomic E-state index is 0.113. The van der Waals surface area contributed by atoms with Gasteiger partial charge in [-0.2, -0.15) is 0 Å². The predicted octanol–water partition coefficient (Wildman–Crippen LogP) is 1.60. The van der Waals surface area contributed by atoms with Crippen LogP contribution in [0, 0.1) is 10.1 Å². The first-order chi connectivity index (χ1) is 9.58. The summed E-state index contributed by atoms with van der Waals surface area (Å²) in [4.78, 5) is 12.3. The third kappa shape index (κ3) is 3.39. The van der Waals surface area contributed by atoms with E-state index in [0.29, 0.717) is 18.0 Å². The number of rotatable bonds is 8. The Morgan fingerprint density at radius 3 is 2.45 bits per heavy atom. The highest BCUT2D eigenvalue weighted by molar-refractivity contribution is 5.70. The third-order valence-electron chi connectivity index (χ3n) is 2.74. The Balaban J connectivity index is 3.39. The lowest BCUT2D eigenvalue weighted by atomic mass is 10.2. The normalized spacial score (nSPS) is 9.95. The Hall–Kier alpha value is -2.28. The zero-order valence-electron chi connectivity index (χ0n) is 11.5. The molecule has 0 aliphatic heterocycles. The van der Waals surface area contributed by atoms with Crippen molar-refractivity contribution in [3.05, 3.63) is 34.9 Å². The first-order valence-electron chi connectivity index (χ1n) is 5.96. The van der Waals surface area contributed by atoms with Gasteiger partial charge in [0.1, 0.15) is 5.69 Å². The lowest BCUT2D eigenvalue weighted by Gasteiger charge is -2.23. The molecule has 0 saturated carbocycles. The molecule has 0 radical (unpaired) electrons. The molecule has 0 fully saturated rings. The van der Waals surface area contributed by atoms with E-state index in [9.17, 15) is 10.1 Å². The molecular formula is C13H18N2O5. The molecule has 0 aliphatic carbocycles. The topological polar surface area (TPSA) is 85.1 Å². The van der Waals surface area contributed by atoms with Crippen LogP contribution in [0.5, 0.6) is 11.5 Å². The second-order valence-electron chi connectivity index (χ2n) is 3.91. The summed E-state index contributed by atoms with van der Waals surface area (Å²) >= 11 is 0. The smallest absolute Gasteiger partial charge is 0.296 e. The quantitative estimate of drug-likeness (QED) is 0.443. The standard InChI is InChI=1S/C13H18N2O5/c1-4-5-14(6-7-16)10-8-12(19-2)13(20-3)9-11(10)15(17)18/h4,8-9,16H,1,5-7H2,2-3H3. The minimum Gasteiger partial charge on any atom is -0.493 e. The number of methoxy groups -OCH3 is 2. The molecule has 0 aromatic heterocycles. The molecular weight excluding hydrogens is 264 g/mol. The molecule has 0 unspecified atom stereocenters. The van der Waals surface area contributed by atoms with Crippen LogP contribution in [0.3, 0.4) is 0 Å². The Bertz CT molecular complexity index is 490. The molecule has 0 aliphatic rings. The van der Waals surface area contributed by atoms with Crippen molar-refractivity contribution in [2.45, 2.75) is 0 Å². The Morgan fingerprint density at radius 1 is 1.40 bits per heavy atom. The van der Waals surface area contributed by atoms with Crippen LogP contribution < -0.4 is 14.4 Å². The van der Waals surface area contributed by atoms with Gasteiger partial charge in [-0.05, 0) is 0 Å². The van der Waals surface area contributed by atoms with Gasteiger partial charge in [-0.1, -0.05) is 6.08 Å². The number of benzene rings is 1. The molecule has 20 heavy (non-hydrogen) atoms. The Labute approximate surface area is 117 Å².